The number of nitrogens with zero attached hydrogens (tertiary/aromatic N) is 5. The standard InChI is InChI=1S/C20H24N6/c1-3-25(4-2)14-7-10-26(11-8-14)19-16(12-21)23-13-17-18(19)15-6-5-9-22-20(15)24-17/h5-6,9,13-14H,3-4,7-8,10-11H2,1-2H3,(H,22,24). The van der Waals surface area contributed by atoms with E-state index in [2.05, 4.69) is 50.7 Å². The lowest BCUT2D eigenvalue weighted by Gasteiger charge is -2.39. The lowest BCUT2D eigenvalue weighted by atomic mass is 10.0. The summed E-state index contributed by atoms with van der Waals surface area (Å²) in [6, 6.07) is 6.93. The van der Waals surface area contributed by atoms with Crippen LogP contribution in [0.4, 0.5) is 5.69 Å². The number of rotatable bonds is 4. The van der Waals surface area contributed by atoms with Gasteiger partial charge >= 0.3 is 0 Å². The van der Waals surface area contributed by atoms with E-state index in [1.807, 2.05) is 6.07 Å². The second kappa shape index (κ2) is 6.93. The molecule has 134 valence electrons. The zero-order valence-electron chi connectivity index (χ0n) is 15.4. The third-order valence-electron chi connectivity index (χ3n) is 5.60. The highest BCUT2D eigenvalue weighted by Crippen LogP contribution is 2.36. The van der Waals surface area contributed by atoms with Gasteiger partial charge in [0, 0.05) is 36.1 Å². The molecule has 6 nitrogen and oxygen atoms in total. The Morgan fingerprint density at radius 2 is 2.04 bits per heavy atom. The summed E-state index contributed by atoms with van der Waals surface area (Å²) < 4.78 is 0. The summed E-state index contributed by atoms with van der Waals surface area (Å²) in [5.41, 5.74) is 3.25. The Balaban J connectivity index is 1.76. The van der Waals surface area contributed by atoms with E-state index in [9.17, 15) is 5.26 Å². The van der Waals surface area contributed by atoms with Crippen molar-refractivity contribution in [2.45, 2.75) is 32.7 Å². The van der Waals surface area contributed by atoms with E-state index >= 15 is 0 Å². The third-order valence-corrected chi connectivity index (χ3v) is 5.60. The molecule has 1 fully saturated rings. The van der Waals surface area contributed by atoms with E-state index in [4.69, 9.17) is 0 Å². The minimum absolute atomic E-state index is 0.503. The van der Waals surface area contributed by atoms with E-state index in [-0.39, 0.29) is 0 Å². The van der Waals surface area contributed by atoms with Gasteiger partial charge in [-0.2, -0.15) is 5.26 Å². The molecule has 0 spiro atoms. The third kappa shape index (κ3) is 2.69. The largest absolute Gasteiger partial charge is 0.368 e. The summed E-state index contributed by atoms with van der Waals surface area (Å²) in [6.07, 6.45) is 5.76. The van der Waals surface area contributed by atoms with Gasteiger partial charge in [-0.25, -0.2) is 9.97 Å². The monoisotopic (exact) mass is 348 g/mol. The second-order valence-electron chi connectivity index (χ2n) is 6.82. The van der Waals surface area contributed by atoms with Crippen LogP contribution < -0.4 is 4.90 Å². The Bertz CT molecular complexity index is 957. The summed E-state index contributed by atoms with van der Waals surface area (Å²) >= 11 is 0. The van der Waals surface area contributed by atoms with Crippen molar-refractivity contribution < 1.29 is 0 Å². The van der Waals surface area contributed by atoms with Crippen molar-refractivity contribution in [3.8, 4) is 6.07 Å². The van der Waals surface area contributed by atoms with Crippen molar-refractivity contribution in [2.24, 2.45) is 0 Å². The van der Waals surface area contributed by atoms with Gasteiger partial charge in [-0.05, 0) is 38.1 Å². The first kappa shape index (κ1) is 16.8. The molecule has 1 saturated heterocycles. The lowest BCUT2D eigenvalue weighted by Crippen LogP contribution is -2.45. The molecule has 0 aromatic carbocycles. The molecular weight excluding hydrogens is 324 g/mol. The fourth-order valence-electron chi connectivity index (χ4n) is 4.29. The molecule has 1 aliphatic rings. The summed E-state index contributed by atoms with van der Waals surface area (Å²) in [6.45, 7) is 8.54. The van der Waals surface area contributed by atoms with Gasteiger partial charge in [-0.1, -0.05) is 13.8 Å². The van der Waals surface area contributed by atoms with Crippen LogP contribution in [-0.4, -0.2) is 52.1 Å². The average Bonchev–Trinajstić information content (AvgIpc) is 3.07. The van der Waals surface area contributed by atoms with Crippen LogP contribution in [0.1, 0.15) is 32.4 Å². The predicted octanol–water partition coefficient (Wildman–Crippen LogP) is 3.29. The zero-order chi connectivity index (χ0) is 18.1. The second-order valence-corrected chi connectivity index (χ2v) is 6.82. The number of aromatic nitrogens is 3. The highest BCUT2D eigenvalue weighted by molar-refractivity contribution is 6.13. The van der Waals surface area contributed by atoms with Gasteiger partial charge in [0.15, 0.2) is 5.69 Å². The van der Waals surface area contributed by atoms with Crippen LogP contribution in [0.2, 0.25) is 0 Å². The van der Waals surface area contributed by atoms with Gasteiger partial charge in [-0.15, -0.1) is 0 Å². The van der Waals surface area contributed by atoms with Crippen molar-refractivity contribution in [1.29, 1.82) is 5.26 Å². The van der Waals surface area contributed by atoms with E-state index in [1.165, 1.54) is 0 Å². The van der Waals surface area contributed by atoms with Crippen LogP contribution in [0.25, 0.3) is 21.9 Å². The molecule has 6 heteroatoms. The topological polar surface area (TPSA) is 71.8 Å². The maximum absolute atomic E-state index is 9.66. The number of hydrogen-bond donors (Lipinski definition) is 1. The van der Waals surface area contributed by atoms with Crippen molar-refractivity contribution in [2.75, 3.05) is 31.1 Å². The van der Waals surface area contributed by atoms with Crippen molar-refractivity contribution in [1.82, 2.24) is 19.9 Å². The molecule has 0 bridgehead atoms. The number of hydrogen-bond acceptors (Lipinski definition) is 5. The Morgan fingerprint density at radius 3 is 2.73 bits per heavy atom. The minimum Gasteiger partial charge on any atom is -0.368 e. The maximum atomic E-state index is 9.66. The van der Waals surface area contributed by atoms with E-state index in [1.54, 1.807) is 12.4 Å². The summed E-state index contributed by atoms with van der Waals surface area (Å²) in [7, 11) is 0. The number of nitriles is 1. The highest BCUT2D eigenvalue weighted by Gasteiger charge is 2.27. The van der Waals surface area contributed by atoms with E-state index in [0.717, 1.165) is 66.6 Å². The number of pyridine rings is 2. The van der Waals surface area contributed by atoms with Crippen LogP contribution in [-0.2, 0) is 0 Å². The van der Waals surface area contributed by atoms with Gasteiger partial charge in [0.05, 0.1) is 17.4 Å². The number of aromatic amines is 1. The van der Waals surface area contributed by atoms with Gasteiger partial charge in [0.25, 0.3) is 0 Å². The summed E-state index contributed by atoms with van der Waals surface area (Å²) in [5, 5.41) is 11.8. The Hall–Kier alpha value is -2.65. The number of H-pyrrole nitrogens is 1. The fraction of sp³-hybridized carbons (Fsp3) is 0.450. The molecule has 1 N–H and O–H groups in total. The number of nitrogens with one attached hydrogen (secondary N) is 1. The Labute approximate surface area is 153 Å². The Morgan fingerprint density at radius 1 is 1.27 bits per heavy atom. The Kier molecular flexibility index (Phi) is 4.48. The van der Waals surface area contributed by atoms with Crippen molar-refractivity contribution in [3.63, 3.8) is 0 Å². The van der Waals surface area contributed by atoms with Crippen molar-refractivity contribution >= 4 is 27.6 Å². The quantitative estimate of drug-likeness (QED) is 0.783. The molecule has 0 aliphatic carbocycles. The van der Waals surface area contributed by atoms with Gasteiger partial charge in [-0.3, -0.25) is 0 Å². The first-order valence-electron chi connectivity index (χ1n) is 9.41. The first-order chi connectivity index (χ1) is 12.8. The van der Waals surface area contributed by atoms with Crippen LogP contribution in [0.3, 0.4) is 0 Å². The van der Waals surface area contributed by atoms with Crippen molar-refractivity contribution in [3.05, 3.63) is 30.2 Å². The van der Waals surface area contributed by atoms with Crippen LogP contribution >= 0.6 is 0 Å². The van der Waals surface area contributed by atoms with Crippen LogP contribution in [0.15, 0.2) is 24.5 Å². The summed E-state index contributed by atoms with van der Waals surface area (Å²) in [4.78, 5) is 17.1. The lowest BCUT2D eigenvalue weighted by molar-refractivity contribution is 0.186. The predicted molar refractivity (Wildman–Crippen MR) is 104 cm³/mol. The normalized spacial score (nSPS) is 15.8. The van der Waals surface area contributed by atoms with Crippen LogP contribution in [0, 0.1) is 11.3 Å². The molecule has 26 heavy (non-hydrogen) atoms. The molecule has 4 rings (SSSR count). The molecular formula is C20H24N6. The highest BCUT2D eigenvalue weighted by atomic mass is 15.2. The maximum Gasteiger partial charge on any atom is 0.164 e. The first-order valence-corrected chi connectivity index (χ1v) is 9.41. The minimum atomic E-state index is 0.503. The molecule has 0 atom stereocenters. The number of fused-ring (bicyclic) bond motifs is 3. The molecule has 0 unspecified atom stereocenters. The SMILES string of the molecule is CCN(CC)C1CCN(c2c(C#N)ncc3[nH]c4ncccc4c23)CC1. The van der Waals surface area contributed by atoms with Gasteiger partial charge < -0.3 is 14.8 Å². The summed E-state index contributed by atoms with van der Waals surface area (Å²) in [5.74, 6) is 0. The number of anilines is 1. The molecule has 1 aliphatic heterocycles. The number of piperidine rings is 1. The van der Waals surface area contributed by atoms with Gasteiger partial charge in [0.1, 0.15) is 11.7 Å². The zero-order valence-corrected chi connectivity index (χ0v) is 15.4. The van der Waals surface area contributed by atoms with Crippen LogP contribution in [0.5, 0.6) is 0 Å². The smallest absolute Gasteiger partial charge is 0.164 e. The average molecular weight is 348 g/mol. The fourth-order valence-corrected chi connectivity index (χ4v) is 4.29. The molecule has 3 aromatic heterocycles. The molecule has 0 amide bonds. The molecule has 4 heterocycles. The molecule has 3 aromatic rings. The van der Waals surface area contributed by atoms with E-state index in [0.29, 0.717) is 11.7 Å². The molecule has 0 radical (unpaired) electrons. The molecule has 0 saturated carbocycles. The van der Waals surface area contributed by atoms with Gasteiger partial charge in [0.2, 0.25) is 0 Å². The van der Waals surface area contributed by atoms with E-state index < -0.39 is 0 Å².